The van der Waals surface area contributed by atoms with Crippen LogP contribution < -0.4 is 0 Å². The van der Waals surface area contributed by atoms with Gasteiger partial charge in [-0.2, -0.15) is 0 Å². The van der Waals surface area contributed by atoms with Crippen LogP contribution in [0.25, 0.3) is 264 Å². The number of nitrogens with zero attached hydrogens (tertiary/aromatic N) is 8. The molecule has 21 aromatic carbocycles. The molecule has 29 aromatic rings. The minimum absolute atomic E-state index is 1.05. The highest BCUT2D eigenvalue weighted by atomic mass is 15.1. The molecule has 29 rings (SSSR count). The number of fused-ring (bicyclic) bond motifs is 27. The van der Waals surface area contributed by atoms with Gasteiger partial charge >= 0.3 is 0 Å². The third-order valence-corrected chi connectivity index (χ3v) is 28.7. The predicted octanol–water partition coefficient (Wildman–Crippen LogP) is 33.1. The normalized spacial score (nSPS) is 12.2. The number of para-hydroxylation sites is 12. The standard InChI is InChI=1S/C126H78N8/c1-5-38-87(39-6-1)127-115-60-27-19-52-105(115)121-117(127)66-64-102-96-47-14-25-58-113(96)133(124(102)121)93-73-86(74-94(76-93)134-114-59-26-16-49-98(114)104-63-62-103-97-48-15-24-57-112(97)132(125(103)126(104)134)90-44-11-4-12-45-90)84-37-31-35-82(70-84)80-33-29-32-79(68-80)81-34-30-36-83(69-81)85-71-91(129-116-61-28-20-53-106(116)122-118(129)67-65-101-95-46-13-23-56-111(95)131(123(101)122)89-42-9-3-10-43-89)75-92(72-85)130-110-55-22-18-51-100(110)108-77-119-107(78-120(108)130)99-50-17-21-54-109(99)128(119)88-40-7-2-8-41-88/h1-78H. The molecule has 0 aliphatic heterocycles. The van der Waals surface area contributed by atoms with Crippen molar-refractivity contribution in [3.05, 3.63) is 473 Å². The van der Waals surface area contributed by atoms with E-state index in [9.17, 15) is 0 Å². The van der Waals surface area contributed by atoms with E-state index in [1.54, 1.807) is 0 Å². The summed E-state index contributed by atoms with van der Waals surface area (Å²) in [4.78, 5) is 0. The summed E-state index contributed by atoms with van der Waals surface area (Å²) in [5.74, 6) is 0. The van der Waals surface area contributed by atoms with Crippen LogP contribution in [0.2, 0.25) is 0 Å². The van der Waals surface area contributed by atoms with Crippen LogP contribution in [0.1, 0.15) is 0 Å². The van der Waals surface area contributed by atoms with Crippen LogP contribution in [-0.2, 0) is 0 Å². The molecule has 134 heavy (non-hydrogen) atoms. The van der Waals surface area contributed by atoms with Crippen molar-refractivity contribution in [2.45, 2.75) is 0 Å². The van der Waals surface area contributed by atoms with Crippen LogP contribution in [0.3, 0.4) is 0 Å². The van der Waals surface area contributed by atoms with E-state index in [-0.39, 0.29) is 0 Å². The van der Waals surface area contributed by atoms with Crippen molar-refractivity contribution in [1.29, 1.82) is 0 Å². The van der Waals surface area contributed by atoms with Gasteiger partial charge in [-0.3, -0.25) is 0 Å². The Morgan fingerprint density at radius 3 is 0.657 bits per heavy atom. The second kappa shape index (κ2) is 28.8. The average Bonchev–Trinajstić information content (AvgIpc) is 2.13. The van der Waals surface area contributed by atoms with Gasteiger partial charge in [-0.15, -0.1) is 0 Å². The number of aromatic nitrogens is 8. The van der Waals surface area contributed by atoms with Crippen molar-refractivity contribution in [3.8, 4) is 90.0 Å². The third kappa shape index (κ3) is 10.8. The van der Waals surface area contributed by atoms with Gasteiger partial charge in [0.1, 0.15) is 0 Å². The van der Waals surface area contributed by atoms with Crippen LogP contribution >= 0.6 is 0 Å². The van der Waals surface area contributed by atoms with Crippen LogP contribution in [0.4, 0.5) is 0 Å². The fourth-order valence-electron chi connectivity index (χ4n) is 23.1. The fraction of sp³-hybridized carbons (Fsp3) is 0. The fourth-order valence-corrected chi connectivity index (χ4v) is 23.1. The van der Waals surface area contributed by atoms with E-state index in [4.69, 9.17) is 0 Å². The lowest BCUT2D eigenvalue weighted by Gasteiger charge is -2.18. The largest absolute Gasteiger partial charge is 0.309 e. The molecule has 622 valence electrons. The van der Waals surface area contributed by atoms with Crippen LogP contribution in [0, 0.1) is 0 Å². The van der Waals surface area contributed by atoms with Crippen LogP contribution in [-0.4, -0.2) is 36.5 Å². The number of rotatable bonds is 12. The smallest absolute Gasteiger partial charge is 0.0788 e. The average molecular weight is 1700 g/mol. The van der Waals surface area contributed by atoms with Gasteiger partial charge in [-0.25, -0.2) is 0 Å². The first-order chi connectivity index (χ1) is 66.5. The van der Waals surface area contributed by atoms with E-state index in [1.807, 2.05) is 0 Å². The molecule has 0 unspecified atom stereocenters. The maximum absolute atomic E-state index is 2.58. The van der Waals surface area contributed by atoms with Crippen LogP contribution in [0.15, 0.2) is 473 Å². The number of hydrogen-bond acceptors (Lipinski definition) is 0. The molecule has 0 N–H and O–H groups in total. The second-order valence-electron chi connectivity index (χ2n) is 35.8. The zero-order valence-corrected chi connectivity index (χ0v) is 72.6. The molecule has 8 heterocycles. The van der Waals surface area contributed by atoms with E-state index in [2.05, 4.69) is 510 Å². The van der Waals surface area contributed by atoms with Gasteiger partial charge < -0.3 is 36.5 Å². The van der Waals surface area contributed by atoms with Gasteiger partial charge in [0.2, 0.25) is 0 Å². The highest BCUT2D eigenvalue weighted by molar-refractivity contribution is 6.30. The van der Waals surface area contributed by atoms with E-state index in [0.29, 0.717) is 0 Å². The minimum Gasteiger partial charge on any atom is -0.309 e. The van der Waals surface area contributed by atoms with Crippen molar-refractivity contribution in [2.24, 2.45) is 0 Å². The molecule has 0 aliphatic rings. The number of hydrogen-bond donors (Lipinski definition) is 0. The van der Waals surface area contributed by atoms with Crippen molar-refractivity contribution in [3.63, 3.8) is 0 Å². The Bertz CT molecular complexity index is 10000. The summed E-state index contributed by atoms with van der Waals surface area (Å²) in [6.45, 7) is 0. The van der Waals surface area contributed by atoms with E-state index in [1.165, 1.54) is 108 Å². The van der Waals surface area contributed by atoms with Gasteiger partial charge in [0.15, 0.2) is 0 Å². The molecule has 0 atom stereocenters. The number of benzene rings is 21. The zero-order valence-electron chi connectivity index (χ0n) is 72.6. The SMILES string of the molecule is c1ccc(-n2c3ccccc3c3cc4c(cc32)c2ccccc2n4-c2cc(-c3cccc(-c4cccc(-c5cccc(-c6cc(-n7c8ccccc8c8ccc9c(c%10ccccc%10n9-c9ccccc9)c87)cc(-n7c8ccccc8c8ccc9c%10ccccc%10n(-c%10ccccc%10)c9c87)c6)c5)c4)c3)cc(-n3c4ccccc4c4c3ccc3c5ccccc5n(-c5ccccc5)c34)c2)cc1. The molecule has 0 spiro atoms. The summed E-state index contributed by atoms with van der Waals surface area (Å²) in [5.41, 5.74) is 36.0. The van der Waals surface area contributed by atoms with Crippen molar-refractivity contribution >= 4 is 174 Å². The molecular weight excluding hydrogens is 1630 g/mol. The molecule has 8 aromatic heterocycles. The first-order valence-electron chi connectivity index (χ1n) is 46.2. The summed E-state index contributed by atoms with van der Waals surface area (Å²) < 4.78 is 20.1. The Kier molecular flexibility index (Phi) is 15.9. The van der Waals surface area contributed by atoms with Gasteiger partial charge in [0, 0.05) is 132 Å². The highest BCUT2D eigenvalue weighted by Crippen LogP contribution is 2.50. The lowest BCUT2D eigenvalue weighted by molar-refractivity contribution is 1.13. The maximum atomic E-state index is 2.58. The second-order valence-corrected chi connectivity index (χ2v) is 35.8. The van der Waals surface area contributed by atoms with Gasteiger partial charge in [-0.1, -0.05) is 297 Å². The Hall–Kier alpha value is -18.0. The molecule has 0 saturated carbocycles. The molecule has 0 aliphatic carbocycles. The lowest BCUT2D eigenvalue weighted by Crippen LogP contribution is -2.02. The Labute approximate surface area is 768 Å². The van der Waals surface area contributed by atoms with E-state index < -0.39 is 0 Å². The molecule has 0 bridgehead atoms. The monoisotopic (exact) mass is 1700 g/mol. The predicted molar refractivity (Wildman–Crippen MR) is 563 cm³/mol. The highest BCUT2D eigenvalue weighted by Gasteiger charge is 2.29. The minimum atomic E-state index is 1.05. The lowest BCUT2D eigenvalue weighted by atomic mass is 9.94. The van der Waals surface area contributed by atoms with Gasteiger partial charge in [0.05, 0.1) is 88.3 Å². The maximum Gasteiger partial charge on any atom is 0.0788 e. The molecule has 0 fully saturated rings. The first-order valence-corrected chi connectivity index (χ1v) is 46.2. The molecule has 0 saturated heterocycles. The summed E-state index contributed by atoms with van der Waals surface area (Å²) in [7, 11) is 0. The van der Waals surface area contributed by atoms with Crippen LogP contribution in [0.5, 0.6) is 0 Å². The summed E-state index contributed by atoms with van der Waals surface area (Å²) in [5, 5.41) is 19.2. The van der Waals surface area contributed by atoms with Crippen molar-refractivity contribution in [2.75, 3.05) is 0 Å². The van der Waals surface area contributed by atoms with Gasteiger partial charge in [0.25, 0.3) is 0 Å². The van der Waals surface area contributed by atoms with Gasteiger partial charge in [-0.05, 0) is 220 Å². The summed E-state index contributed by atoms with van der Waals surface area (Å²) >= 11 is 0. The van der Waals surface area contributed by atoms with Crippen molar-refractivity contribution < 1.29 is 0 Å². The van der Waals surface area contributed by atoms with E-state index >= 15 is 0 Å². The molecule has 8 nitrogen and oxygen atoms in total. The molecule has 0 radical (unpaired) electrons. The topological polar surface area (TPSA) is 39.4 Å². The van der Waals surface area contributed by atoms with Crippen molar-refractivity contribution in [1.82, 2.24) is 36.5 Å². The Morgan fingerprint density at radius 1 is 0.0970 bits per heavy atom. The first kappa shape index (κ1) is 74.0. The summed E-state index contributed by atoms with van der Waals surface area (Å²) in [6, 6.07) is 177. The quantitative estimate of drug-likeness (QED) is 0.117. The third-order valence-electron chi connectivity index (χ3n) is 28.7. The molecular formula is C126H78N8. The Balaban J connectivity index is 0.630. The molecule has 8 heteroatoms. The molecule has 0 amide bonds. The zero-order chi connectivity index (χ0) is 87.5. The van der Waals surface area contributed by atoms with E-state index in [0.717, 1.165) is 156 Å². The Morgan fingerprint density at radius 2 is 0.313 bits per heavy atom. The summed E-state index contributed by atoms with van der Waals surface area (Å²) in [6.07, 6.45) is 0.